The molecule has 1 unspecified atom stereocenters. The molecule has 0 aliphatic carbocycles. The SMILES string of the molecule is CC(CSc1ccccc1Cl)/C(N)=N/O. The Kier molecular flexibility index (Phi) is 4.78. The van der Waals surface area contributed by atoms with E-state index in [4.69, 9.17) is 22.5 Å². The lowest BCUT2D eigenvalue weighted by molar-refractivity contribution is 0.315. The monoisotopic (exact) mass is 244 g/mol. The Labute approximate surface area is 98.3 Å². The molecule has 0 heterocycles. The first-order chi connectivity index (χ1) is 7.15. The van der Waals surface area contributed by atoms with E-state index in [9.17, 15) is 0 Å². The molecular weight excluding hydrogens is 232 g/mol. The average Bonchev–Trinajstić information content (AvgIpc) is 2.26. The molecule has 5 heteroatoms. The number of amidine groups is 1. The molecule has 1 atom stereocenters. The summed E-state index contributed by atoms with van der Waals surface area (Å²) in [4.78, 5) is 1.01. The summed E-state index contributed by atoms with van der Waals surface area (Å²) in [7, 11) is 0. The highest BCUT2D eigenvalue weighted by atomic mass is 35.5. The van der Waals surface area contributed by atoms with Gasteiger partial charge in [-0.15, -0.1) is 11.8 Å². The van der Waals surface area contributed by atoms with Gasteiger partial charge < -0.3 is 10.9 Å². The quantitative estimate of drug-likeness (QED) is 0.282. The van der Waals surface area contributed by atoms with Crippen molar-refractivity contribution in [3.63, 3.8) is 0 Å². The summed E-state index contributed by atoms with van der Waals surface area (Å²) < 4.78 is 0. The fourth-order valence-corrected chi connectivity index (χ4v) is 2.24. The predicted octanol–water partition coefficient (Wildman–Crippen LogP) is 2.81. The van der Waals surface area contributed by atoms with Gasteiger partial charge >= 0.3 is 0 Å². The Morgan fingerprint density at radius 3 is 2.87 bits per heavy atom. The second-order valence-electron chi connectivity index (χ2n) is 3.17. The maximum absolute atomic E-state index is 8.48. The summed E-state index contributed by atoms with van der Waals surface area (Å²) in [6.45, 7) is 1.90. The number of hydrogen-bond acceptors (Lipinski definition) is 3. The normalized spacial score (nSPS) is 13.9. The van der Waals surface area contributed by atoms with E-state index in [1.165, 1.54) is 0 Å². The fraction of sp³-hybridized carbons (Fsp3) is 0.300. The third-order valence-corrected chi connectivity index (χ3v) is 3.72. The first-order valence-corrected chi connectivity index (χ1v) is 5.86. The largest absolute Gasteiger partial charge is 0.409 e. The van der Waals surface area contributed by atoms with Gasteiger partial charge in [-0.2, -0.15) is 0 Å². The molecule has 1 rings (SSSR count). The maximum Gasteiger partial charge on any atom is 0.142 e. The van der Waals surface area contributed by atoms with Crippen molar-refractivity contribution >= 4 is 29.2 Å². The molecule has 0 radical (unpaired) electrons. The molecule has 82 valence electrons. The zero-order chi connectivity index (χ0) is 11.3. The number of oxime groups is 1. The zero-order valence-corrected chi connectivity index (χ0v) is 9.92. The number of nitrogens with two attached hydrogens (primary N) is 1. The minimum Gasteiger partial charge on any atom is -0.409 e. The minimum absolute atomic E-state index is 0.0243. The van der Waals surface area contributed by atoms with Gasteiger partial charge in [0.15, 0.2) is 0 Å². The summed E-state index contributed by atoms with van der Waals surface area (Å²) in [5.74, 6) is 1.01. The molecule has 0 aliphatic heterocycles. The van der Waals surface area contributed by atoms with E-state index in [0.717, 1.165) is 15.7 Å². The number of halogens is 1. The zero-order valence-electron chi connectivity index (χ0n) is 8.35. The van der Waals surface area contributed by atoms with Crippen molar-refractivity contribution < 1.29 is 5.21 Å². The van der Waals surface area contributed by atoms with E-state index in [1.807, 2.05) is 31.2 Å². The molecule has 0 bridgehead atoms. The highest BCUT2D eigenvalue weighted by Gasteiger charge is 2.09. The van der Waals surface area contributed by atoms with Crippen LogP contribution < -0.4 is 5.73 Å². The van der Waals surface area contributed by atoms with Gasteiger partial charge in [0.2, 0.25) is 0 Å². The van der Waals surface area contributed by atoms with E-state index in [0.29, 0.717) is 0 Å². The third kappa shape index (κ3) is 3.64. The van der Waals surface area contributed by atoms with Crippen LogP contribution in [0.3, 0.4) is 0 Å². The molecule has 0 aromatic heterocycles. The van der Waals surface area contributed by atoms with Crippen LogP contribution in [0.15, 0.2) is 34.3 Å². The van der Waals surface area contributed by atoms with E-state index in [1.54, 1.807) is 11.8 Å². The van der Waals surface area contributed by atoms with Crippen LogP contribution in [0.4, 0.5) is 0 Å². The molecule has 3 N–H and O–H groups in total. The van der Waals surface area contributed by atoms with Crippen LogP contribution in [0.2, 0.25) is 5.02 Å². The second kappa shape index (κ2) is 5.88. The molecule has 3 nitrogen and oxygen atoms in total. The number of thioether (sulfide) groups is 1. The van der Waals surface area contributed by atoms with Crippen molar-refractivity contribution in [2.75, 3.05) is 5.75 Å². The van der Waals surface area contributed by atoms with Crippen LogP contribution in [0.1, 0.15) is 6.92 Å². The van der Waals surface area contributed by atoms with Gasteiger partial charge in [-0.3, -0.25) is 0 Å². The lowest BCUT2D eigenvalue weighted by Crippen LogP contribution is -2.22. The highest BCUT2D eigenvalue weighted by molar-refractivity contribution is 7.99. The van der Waals surface area contributed by atoms with Crippen LogP contribution in [0.25, 0.3) is 0 Å². The van der Waals surface area contributed by atoms with E-state index < -0.39 is 0 Å². The number of rotatable bonds is 4. The van der Waals surface area contributed by atoms with Gasteiger partial charge in [0.25, 0.3) is 0 Å². The van der Waals surface area contributed by atoms with Crippen LogP contribution in [0, 0.1) is 5.92 Å². The first-order valence-electron chi connectivity index (χ1n) is 4.50. The van der Waals surface area contributed by atoms with Gasteiger partial charge in [-0.25, -0.2) is 0 Å². The van der Waals surface area contributed by atoms with Crippen molar-refractivity contribution in [1.29, 1.82) is 0 Å². The molecule has 0 amide bonds. The van der Waals surface area contributed by atoms with E-state index in [2.05, 4.69) is 5.16 Å². The van der Waals surface area contributed by atoms with Crippen LogP contribution in [0.5, 0.6) is 0 Å². The van der Waals surface area contributed by atoms with Gasteiger partial charge in [0.05, 0.1) is 5.02 Å². The minimum atomic E-state index is 0.0243. The summed E-state index contributed by atoms with van der Waals surface area (Å²) in [6, 6.07) is 7.62. The van der Waals surface area contributed by atoms with Gasteiger partial charge in [0, 0.05) is 16.6 Å². The predicted molar refractivity (Wildman–Crippen MR) is 64.7 cm³/mol. The molecular formula is C10H13ClN2OS. The smallest absolute Gasteiger partial charge is 0.142 e. The average molecular weight is 245 g/mol. The number of benzene rings is 1. The van der Waals surface area contributed by atoms with Crippen LogP contribution >= 0.6 is 23.4 Å². The molecule has 15 heavy (non-hydrogen) atoms. The standard InChI is InChI=1S/C10H13ClN2OS/c1-7(10(12)13-14)6-15-9-5-3-2-4-8(9)11/h2-5,7,14H,6H2,1H3,(H2,12,13). The summed E-state index contributed by atoms with van der Waals surface area (Å²) in [5, 5.41) is 12.2. The van der Waals surface area contributed by atoms with Crippen molar-refractivity contribution in [3.8, 4) is 0 Å². The highest BCUT2D eigenvalue weighted by Crippen LogP contribution is 2.27. The van der Waals surface area contributed by atoms with Crippen molar-refractivity contribution in [2.24, 2.45) is 16.8 Å². The van der Waals surface area contributed by atoms with Gasteiger partial charge in [0.1, 0.15) is 5.84 Å². The van der Waals surface area contributed by atoms with E-state index >= 15 is 0 Å². The number of hydrogen-bond donors (Lipinski definition) is 2. The Morgan fingerprint density at radius 1 is 1.60 bits per heavy atom. The van der Waals surface area contributed by atoms with Crippen LogP contribution in [-0.2, 0) is 0 Å². The molecule has 1 aromatic rings. The third-order valence-electron chi connectivity index (χ3n) is 1.95. The fourth-order valence-electron chi connectivity index (χ4n) is 0.961. The lowest BCUT2D eigenvalue weighted by atomic mass is 10.2. The Morgan fingerprint density at radius 2 is 2.27 bits per heavy atom. The Bertz CT molecular complexity index is 357. The molecule has 0 saturated carbocycles. The molecule has 0 saturated heterocycles. The maximum atomic E-state index is 8.48. The van der Waals surface area contributed by atoms with Gasteiger partial charge in [-0.05, 0) is 12.1 Å². The van der Waals surface area contributed by atoms with Gasteiger partial charge in [-0.1, -0.05) is 35.8 Å². The summed E-state index contributed by atoms with van der Waals surface area (Å²) >= 11 is 7.58. The first kappa shape index (κ1) is 12.2. The summed E-state index contributed by atoms with van der Waals surface area (Å²) in [5.41, 5.74) is 5.47. The molecule has 1 aromatic carbocycles. The van der Waals surface area contributed by atoms with Crippen molar-refractivity contribution in [2.45, 2.75) is 11.8 Å². The van der Waals surface area contributed by atoms with Crippen molar-refractivity contribution in [1.82, 2.24) is 0 Å². The molecule has 0 spiro atoms. The Balaban J connectivity index is 2.54. The Hall–Kier alpha value is -0.870. The number of nitrogens with zero attached hydrogens (tertiary/aromatic N) is 1. The van der Waals surface area contributed by atoms with Crippen molar-refractivity contribution in [3.05, 3.63) is 29.3 Å². The molecule has 0 aliphatic rings. The topological polar surface area (TPSA) is 58.6 Å². The molecule has 0 fully saturated rings. The van der Waals surface area contributed by atoms with E-state index in [-0.39, 0.29) is 11.8 Å². The second-order valence-corrected chi connectivity index (χ2v) is 4.64. The lowest BCUT2D eigenvalue weighted by Gasteiger charge is -2.09. The van der Waals surface area contributed by atoms with Crippen LogP contribution in [-0.4, -0.2) is 16.8 Å². The summed E-state index contributed by atoms with van der Waals surface area (Å²) in [6.07, 6.45) is 0.